The average molecular weight is 145 g/mol. The Bertz CT molecular complexity index is 229. The molecule has 56 valence electrons. The molecule has 0 bridgehead atoms. The summed E-state index contributed by atoms with van der Waals surface area (Å²) in [5.41, 5.74) is 1.17. The van der Waals surface area contributed by atoms with Gasteiger partial charge >= 0.3 is 0 Å². The van der Waals surface area contributed by atoms with Crippen LogP contribution in [-0.2, 0) is 0 Å². The molecule has 0 radical (unpaired) electrons. The molecule has 1 nitrogen and oxygen atoms in total. The summed E-state index contributed by atoms with van der Waals surface area (Å²) in [5.74, 6) is 2.16. The van der Waals surface area contributed by atoms with Gasteiger partial charge < -0.3 is 0 Å². The minimum atomic E-state index is 0.607. The molecule has 1 aromatic rings. The summed E-state index contributed by atoms with van der Waals surface area (Å²) >= 11 is 0. The van der Waals surface area contributed by atoms with Gasteiger partial charge in [-0.2, -0.15) is 0 Å². The van der Waals surface area contributed by atoms with Gasteiger partial charge in [0.2, 0.25) is 0 Å². The molecule has 0 aliphatic carbocycles. The van der Waals surface area contributed by atoms with Crippen LogP contribution in [0.15, 0.2) is 30.5 Å². The molecule has 0 aromatic carbocycles. The summed E-state index contributed by atoms with van der Waals surface area (Å²) in [5, 5.41) is 0. The van der Waals surface area contributed by atoms with E-state index in [2.05, 4.69) is 30.7 Å². The van der Waals surface area contributed by atoms with E-state index in [1.165, 1.54) is 5.56 Å². The lowest BCUT2D eigenvalue weighted by Crippen LogP contribution is -1.91. The maximum atomic E-state index is 4.01. The SMILES string of the molecule is CB(C)/C=C/c1cccnc1. The first-order chi connectivity index (χ1) is 5.29. The number of hydrogen-bond donors (Lipinski definition) is 0. The molecule has 0 unspecified atom stereocenters. The summed E-state index contributed by atoms with van der Waals surface area (Å²) < 4.78 is 0. The second-order valence-electron chi connectivity index (χ2n) is 2.89. The third-order valence-electron chi connectivity index (χ3n) is 1.36. The number of rotatable bonds is 2. The molecule has 0 aliphatic rings. The minimum Gasteiger partial charge on any atom is -0.264 e. The van der Waals surface area contributed by atoms with Crippen molar-refractivity contribution in [2.45, 2.75) is 13.6 Å². The lowest BCUT2D eigenvalue weighted by Gasteiger charge is -1.91. The van der Waals surface area contributed by atoms with Gasteiger partial charge in [-0.15, -0.1) is 5.98 Å². The van der Waals surface area contributed by atoms with Crippen molar-refractivity contribution in [1.29, 1.82) is 0 Å². The molecule has 0 N–H and O–H groups in total. The van der Waals surface area contributed by atoms with Gasteiger partial charge in [-0.3, -0.25) is 4.98 Å². The van der Waals surface area contributed by atoms with Crippen molar-refractivity contribution >= 4 is 12.8 Å². The van der Waals surface area contributed by atoms with Crippen molar-refractivity contribution in [1.82, 2.24) is 4.98 Å². The van der Waals surface area contributed by atoms with Crippen LogP contribution in [0.25, 0.3) is 6.08 Å². The fraction of sp³-hybridized carbons (Fsp3) is 0.222. The predicted octanol–water partition coefficient (Wildman–Crippen LogP) is 2.39. The molecule has 0 saturated heterocycles. The highest BCUT2D eigenvalue weighted by atomic mass is 14.6. The van der Waals surface area contributed by atoms with Gasteiger partial charge in [0.15, 0.2) is 6.71 Å². The van der Waals surface area contributed by atoms with E-state index in [-0.39, 0.29) is 0 Å². The summed E-state index contributed by atoms with van der Waals surface area (Å²) in [7, 11) is 0. The Balaban J connectivity index is 2.65. The summed E-state index contributed by atoms with van der Waals surface area (Å²) in [6.45, 7) is 4.93. The second-order valence-corrected chi connectivity index (χ2v) is 2.89. The van der Waals surface area contributed by atoms with Crippen molar-refractivity contribution < 1.29 is 0 Å². The highest BCUT2D eigenvalue weighted by molar-refractivity contribution is 6.62. The van der Waals surface area contributed by atoms with Crippen molar-refractivity contribution in [3.63, 3.8) is 0 Å². The van der Waals surface area contributed by atoms with Gasteiger partial charge in [0.25, 0.3) is 0 Å². The van der Waals surface area contributed by atoms with Gasteiger partial charge in [-0.25, -0.2) is 0 Å². The monoisotopic (exact) mass is 145 g/mol. The largest absolute Gasteiger partial charge is 0.264 e. The van der Waals surface area contributed by atoms with Gasteiger partial charge in [-0.05, 0) is 11.6 Å². The molecule has 0 saturated carbocycles. The van der Waals surface area contributed by atoms with Crippen LogP contribution in [0, 0.1) is 0 Å². The Labute approximate surface area is 68.2 Å². The topological polar surface area (TPSA) is 12.9 Å². The van der Waals surface area contributed by atoms with E-state index >= 15 is 0 Å². The Kier molecular flexibility index (Phi) is 2.90. The molecule has 1 aromatic heterocycles. The standard InChI is InChI=1S/C9H12BN/c1-10(2)6-5-9-4-3-7-11-8-9/h3-8H,1-2H3/b6-5+. The van der Waals surface area contributed by atoms with E-state index in [4.69, 9.17) is 0 Å². The van der Waals surface area contributed by atoms with Crippen LogP contribution in [0.4, 0.5) is 0 Å². The van der Waals surface area contributed by atoms with Gasteiger partial charge in [-0.1, -0.05) is 25.8 Å². The number of nitrogens with zero attached hydrogens (tertiary/aromatic N) is 1. The summed E-state index contributed by atoms with van der Waals surface area (Å²) in [4.78, 5) is 4.01. The molecule has 11 heavy (non-hydrogen) atoms. The molecule has 2 heteroatoms. The van der Waals surface area contributed by atoms with Gasteiger partial charge in [0.05, 0.1) is 0 Å². The molecular formula is C9H12BN. The quantitative estimate of drug-likeness (QED) is 0.582. The maximum absolute atomic E-state index is 4.01. The molecule has 1 heterocycles. The number of hydrogen-bond acceptors (Lipinski definition) is 1. The Hall–Kier alpha value is -1.05. The molecule has 0 amide bonds. The van der Waals surface area contributed by atoms with Crippen molar-refractivity contribution in [2.75, 3.05) is 0 Å². The molecule has 0 aliphatic heterocycles. The fourth-order valence-electron chi connectivity index (χ4n) is 0.778. The molecular weight excluding hydrogens is 133 g/mol. The van der Waals surface area contributed by atoms with Crippen LogP contribution in [0.5, 0.6) is 0 Å². The van der Waals surface area contributed by atoms with E-state index in [0.29, 0.717) is 6.71 Å². The molecule has 0 spiro atoms. The highest BCUT2D eigenvalue weighted by Gasteiger charge is 1.89. The van der Waals surface area contributed by atoms with Crippen molar-refractivity contribution in [2.24, 2.45) is 0 Å². The second kappa shape index (κ2) is 3.96. The number of pyridine rings is 1. The van der Waals surface area contributed by atoms with Crippen molar-refractivity contribution in [3.8, 4) is 0 Å². The van der Waals surface area contributed by atoms with Crippen LogP contribution < -0.4 is 0 Å². The summed E-state index contributed by atoms with van der Waals surface area (Å²) in [6.07, 6.45) is 5.74. The zero-order valence-corrected chi connectivity index (χ0v) is 6.99. The zero-order chi connectivity index (χ0) is 8.10. The van der Waals surface area contributed by atoms with Crippen LogP contribution in [0.3, 0.4) is 0 Å². The smallest absolute Gasteiger partial charge is 0.160 e. The van der Waals surface area contributed by atoms with E-state index in [1.54, 1.807) is 6.20 Å². The lowest BCUT2D eigenvalue weighted by molar-refractivity contribution is 1.32. The first kappa shape index (κ1) is 8.06. The maximum Gasteiger partial charge on any atom is 0.160 e. The van der Waals surface area contributed by atoms with Crippen LogP contribution in [-0.4, -0.2) is 11.7 Å². The van der Waals surface area contributed by atoms with Crippen LogP contribution >= 0.6 is 0 Å². The Morgan fingerprint density at radius 1 is 1.45 bits per heavy atom. The number of aromatic nitrogens is 1. The fourth-order valence-corrected chi connectivity index (χ4v) is 0.778. The van der Waals surface area contributed by atoms with Crippen LogP contribution in [0.2, 0.25) is 13.6 Å². The molecule has 0 fully saturated rings. The van der Waals surface area contributed by atoms with Crippen molar-refractivity contribution in [3.05, 3.63) is 36.1 Å². The lowest BCUT2D eigenvalue weighted by atomic mass is 9.55. The predicted molar refractivity (Wildman–Crippen MR) is 50.8 cm³/mol. The normalized spacial score (nSPS) is 10.4. The third-order valence-corrected chi connectivity index (χ3v) is 1.36. The van der Waals surface area contributed by atoms with E-state index in [0.717, 1.165) is 0 Å². The molecule has 0 atom stereocenters. The average Bonchev–Trinajstić information content (AvgIpc) is 2.03. The van der Waals surface area contributed by atoms with E-state index in [1.807, 2.05) is 18.3 Å². The van der Waals surface area contributed by atoms with Gasteiger partial charge in [0, 0.05) is 12.4 Å². The zero-order valence-electron chi connectivity index (χ0n) is 6.99. The summed E-state index contributed by atoms with van der Waals surface area (Å²) in [6, 6.07) is 3.99. The van der Waals surface area contributed by atoms with Gasteiger partial charge in [0.1, 0.15) is 0 Å². The first-order valence-corrected chi connectivity index (χ1v) is 3.87. The minimum absolute atomic E-state index is 0.607. The third kappa shape index (κ3) is 3.03. The Morgan fingerprint density at radius 2 is 2.27 bits per heavy atom. The van der Waals surface area contributed by atoms with E-state index < -0.39 is 0 Å². The highest BCUT2D eigenvalue weighted by Crippen LogP contribution is 1.98. The van der Waals surface area contributed by atoms with E-state index in [9.17, 15) is 0 Å². The first-order valence-electron chi connectivity index (χ1n) is 3.87. The van der Waals surface area contributed by atoms with Crippen LogP contribution in [0.1, 0.15) is 5.56 Å². The Morgan fingerprint density at radius 3 is 2.82 bits per heavy atom. The molecule has 1 rings (SSSR count).